The van der Waals surface area contributed by atoms with Gasteiger partial charge in [-0.15, -0.1) is 11.3 Å². The van der Waals surface area contributed by atoms with E-state index in [0.29, 0.717) is 12.5 Å². The van der Waals surface area contributed by atoms with Gasteiger partial charge in [0.15, 0.2) is 0 Å². The highest BCUT2D eigenvalue weighted by Gasteiger charge is 2.25. The Morgan fingerprint density at radius 2 is 1.57 bits per heavy atom. The van der Waals surface area contributed by atoms with Crippen molar-refractivity contribution in [1.29, 1.82) is 0 Å². The quantitative estimate of drug-likeness (QED) is 0.701. The number of piperidine rings is 2. The topological polar surface area (TPSA) is 49.9 Å². The number of likely N-dealkylation sites (tertiary alicyclic amines) is 2. The molecule has 2 fully saturated rings. The monoisotopic (exact) mass is 426 g/mol. The van der Waals surface area contributed by atoms with Crippen LogP contribution < -0.4 is 4.74 Å². The molecule has 160 valence electrons. The lowest BCUT2D eigenvalue weighted by Crippen LogP contribution is -2.39. The number of nitrogens with zero attached hydrogens (tertiary/aromatic N) is 2. The van der Waals surface area contributed by atoms with E-state index in [9.17, 15) is 9.59 Å². The van der Waals surface area contributed by atoms with Gasteiger partial charge in [0.2, 0.25) is 0 Å². The van der Waals surface area contributed by atoms with Gasteiger partial charge in [0.25, 0.3) is 11.8 Å². The number of amides is 2. The molecule has 4 rings (SSSR count). The largest absolute Gasteiger partial charge is 0.493 e. The van der Waals surface area contributed by atoms with Crippen LogP contribution in [-0.2, 0) is 0 Å². The molecule has 0 spiro atoms. The molecular weight excluding hydrogens is 396 g/mol. The van der Waals surface area contributed by atoms with Crippen LogP contribution in [0.25, 0.3) is 0 Å². The van der Waals surface area contributed by atoms with E-state index in [1.54, 1.807) is 11.3 Å². The Balaban J connectivity index is 1.22. The Kier molecular flexibility index (Phi) is 6.72. The van der Waals surface area contributed by atoms with Crippen molar-refractivity contribution in [2.24, 2.45) is 5.92 Å². The van der Waals surface area contributed by atoms with Crippen LogP contribution in [-0.4, -0.2) is 54.4 Å². The van der Waals surface area contributed by atoms with Gasteiger partial charge in [0, 0.05) is 36.6 Å². The maximum absolute atomic E-state index is 12.6. The molecule has 2 aromatic rings. The summed E-state index contributed by atoms with van der Waals surface area (Å²) < 4.78 is 5.98. The third-order valence-electron chi connectivity index (χ3n) is 6.08. The molecule has 0 bridgehead atoms. The summed E-state index contributed by atoms with van der Waals surface area (Å²) in [6.07, 6.45) is 5.34. The maximum Gasteiger partial charge on any atom is 0.263 e. The third kappa shape index (κ3) is 5.04. The van der Waals surface area contributed by atoms with E-state index in [-0.39, 0.29) is 11.8 Å². The van der Waals surface area contributed by atoms with E-state index >= 15 is 0 Å². The van der Waals surface area contributed by atoms with Crippen LogP contribution in [0.5, 0.6) is 5.75 Å². The van der Waals surface area contributed by atoms with Crippen LogP contribution in [0.1, 0.15) is 57.0 Å². The van der Waals surface area contributed by atoms with Crippen molar-refractivity contribution in [3.05, 3.63) is 51.7 Å². The summed E-state index contributed by atoms with van der Waals surface area (Å²) in [6, 6.07) is 11.5. The molecule has 30 heavy (non-hydrogen) atoms. The fourth-order valence-corrected chi connectivity index (χ4v) is 5.03. The van der Waals surface area contributed by atoms with E-state index in [4.69, 9.17) is 4.74 Å². The van der Waals surface area contributed by atoms with Gasteiger partial charge in [-0.2, -0.15) is 0 Å². The van der Waals surface area contributed by atoms with Crippen LogP contribution in [0.3, 0.4) is 0 Å². The van der Waals surface area contributed by atoms with E-state index in [2.05, 4.69) is 0 Å². The molecule has 6 heteroatoms. The normalized spacial score (nSPS) is 17.8. The first-order valence-electron chi connectivity index (χ1n) is 11.0. The van der Waals surface area contributed by atoms with Gasteiger partial charge in [0.05, 0.1) is 11.5 Å². The highest BCUT2D eigenvalue weighted by Crippen LogP contribution is 2.24. The standard InChI is InChI=1S/C24H30N2O3S/c1-18-5-10-22(30-18)24(28)26-15-11-19(12-16-26)17-29-21-8-6-20(7-9-21)23(27)25-13-3-2-4-14-25/h5-10,19H,2-4,11-17H2,1H3. The van der Waals surface area contributed by atoms with Crippen molar-refractivity contribution in [2.45, 2.75) is 39.0 Å². The second kappa shape index (κ2) is 9.65. The minimum Gasteiger partial charge on any atom is -0.493 e. The van der Waals surface area contributed by atoms with Gasteiger partial charge in [-0.1, -0.05) is 0 Å². The van der Waals surface area contributed by atoms with Gasteiger partial charge in [-0.3, -0.25) is 9.59 Å². The zero-order valence-electron chi connectivity index (χ0n) is 17.6. The molecule has 2 aliphatic rings. The first-order chi connectivity index (χ1) is 14.6. The second-order valence-corrected chi connectivity index (χ2v) is 9.62. The summed E-state index contributed by atoms with van der Waals surface area (Å²) in [5, 5.41) is 0. The number of aryl methyl sites for hydroxylation is 1. The number of thiophene rings is 1. The van der Waals surface area contributed by atoms with Crippen molar-refractivity contribution >= 4 is 23.2 Å². The zero-order chi connectivity index (χ0) is 20.9. The highest BCUT2D eigenvalue weighted by molar-refractivity contribution is 7.13. The molecule has 1 aromatic carbocycles. The molecule has 0 saturated carbocycles. The van der Waals surface area contributed by atoms with Crippen molar-refractivity contribution in [3.63, 3.8) is 0 Å². The molecule has 3 heterocycles. The Morgan fingerprint density at radius 3 is 2.20 bits per heavy atom. The predicted molar refractivity (Wildman–Crippen MR) is 119 cm³/mol. The molecule has 0 unspecified atom stereocenters. The lowest BCUT2D eigenvalue weighted by atomic mass is 9.97. The van der Waals surface area contributed by atoms with Crippen LogP contribution in [0, 0.1) is 12.8 Å². The summed E-state index contributed by atoms with van der Waals surface area (Å²) in [7, 11) is 0. The first kappa shape index (κ1) is 20.9. The number of carbonyl (C=O) groups excluding carboxylic acids is 2. The number of hydrogen-bond acceptors (Lipinski definition) is 4. The zero-order valence-corrected chi connectivity index (χ0v) is 18.5. The van der Waals surface area contributed by atoms with Crippen LogP contribution in [0.2, 0.25) is 0 Å². The van der Waals surface area contributed by atoms with E-state index in [1.165, 1.54) is 11.3 Å². The van der Waals surface area contributed by atoms with Crippen molar-refractivity contribution in [2.75, 3.05) is 32.8 Å². The van der Waals surface area contributed by atoms with Gasteiger partial charge in [-0.25, -0.2) is 0 Å². The summed E-state index contributed by atoms with van der Waals surface area (Å²) in [6.45, 7) is 5.98. The second-order valence-electron chi connectivity index (χ2n) is 8.33. The number of benzene rings is 1. The van der Waals surface area contributed by atoms with E-state index in [0.717, 1.165) is 68.1 Å². The average Bonchev–Trinajstić information content (AvgIpc) is 3.24. The summed E-state index contributed by atoms with van der Waals surface area (Å²) >= 11 is 1.57. The van der Waals surface area contributed by atoms with Gasteiger partial charge in [0.1, 0.15) is 5.75 Å². The highest BCUT2D eigenvalue weighted by atomic mass is 32.1. The Hall–Kier alpha value is -2.34. The fraction of sp³-hybridized carbons (Fsp3) is 0.500. The summed E-state index contributed by atoms with van der Waals surface area (Å²) in [5.74, 6) is 1.53. The molecule has 2 aliphatic heterocycles. The summed E-state index contributed by atoms with van der Waals surface area (Å²) in [5.41, 5.74) is 0.736. The van der Waals surface area contributed by atoms with Crippen LogP contribution in [0.15, 0.2) is 36.4 Å². The Bertz CT molecular complexity index is 863. The molecule has 5 nitrogen and oxygen atoms in total. The van der Waals surface area contributed by atoms with E-state index < -0.39 is 0 Å². The lowest BCUT2D eigenvalue weighted by molar-refractivity contribution is 0.0664. The number of ether oxygens (including phenoxy) is 1. The fourth-order valence-electron chi connectivity index (χ4n) is 4.20. The molecule has 0 radical (unpaired) electrons. The third-order valence-corrected chi connectivity index (χ3v) is 7.07. The smallest absolute Gasteiger partial charge is 0.263 e. The van der Waals surface area contributed by atoms with Crippen molar-refractivity contribution in [1.82, 2.24) is 9.80 Å². The number of carbonyl (C=O) groups is 2. The van der Waals surface area contributed by atoms with Gasteiger partial charge in [-0.05, 0) is 81.3 Å². The van der Waals surface area contributed by atoms with E-state index in [1.807, 2.05) is 53.1 Å². The average molecular weight is 427 g/mol. The molecule has 0 aliphatic carbocycles. The molecule has 0 N–H and O–H groups in total. The SMILES string of the molecule is Cc1ccc(C(=O)N2CCC(COc3ccc(C(=O)N4CCCCC4)cc3)CC2)s1. The lowest BCUT2D eigenvalue weighted by Gasteiger charge is -2.31. The molecule has 0 atom stereocenters. The van der Waals surface area contributed by atoms with Gasteiger partial charge >= 0.3 is 0 Å². The van der Waals surface area contributed by atoms with Crippen molar-refractivity contribution < 1.29 is 14.3 Å². The minimum atomic E-state index is 0.124. The van der Waals surface area contributed by atoms with Crippen molar-refractivity contribution in [3.8, 4) is 5.75 Å². The first-order valence-corrected chi connectivity index (χ1v) is 11.8. The molecule has 1 aromatic heterocycles. The van der Waals surface area contributed by atoms with Crippen LogP contribution >= 0.6 is 11.3 Å². The Labute approximate surface area is 182 Å². The molecule has 2 saturated heterocycles. The minimum absolute atomic E-state index is 0.124. The predicted octanol–water partition coefficient (Wildman–Crippen LogP) is 4.61. The summed E-state index contributed by atoms with van der Waals surface area (Å²) in [4.78, 5) is 31.1. The molecular formula is C24H30N2O3S. The number of hydrogen-bond donors (Lipinski definition) is 0. The van der Waals surface area contributed by atoms with Gasteiger partial charge < -0.3 is 14.5 Å². The molecule has 2 amide bonds. The maximum atomic E-state index is 12.6. The Morgan fingerprint density at radius 1 is 0.900 bits per heavy atom. The number of rotatable bonds is 5. The van der Waals surface area contributed by atoms with Crippen LogP contribution in [0.4, 0.5) is 0 Å².